The van der Waals surface area contributed by atoms with Gasteiger partial charge in [-0.25, -0.2) is 15.1 Å². The van der Waals surface area contributed by atoms with Crippen molar-refractivity contribution in [3.05, 3.63) is 59.1 Å². The van der Waals surface area contributed by atoms with Gasteiger partial charge in [-0.3, -0.25) is 9.78 Å². The molecule has 8 nitrogen and oxygen atoms in total. The van der Waals surface area contributed by atoms with E-state index < -0.39 is 17.9 Å². The number of nitrogens with one attached hydrogen (secondary N) is 3. The van der Waals surface area contributed by atoms with E-state index in [4.69, 9.17) is 4.52 Å². The van der Waals surface area contributed by atoms with Gasteiger partial charge in [0.05, 0.1) is 11.3 Å². The van der Waals surface area contributed by atoms with E-state index in [1.54, 1.807) is 25.3 Å². The molecule has 35 heavy (non-hydrogen) atoms. The van der Waals surface area contributed by atoms with Crippen molar-refractivity contribution in [1.82, 2.24) is 15.5 Å². The monoisotopic (exact) mass is 478 g/mol. The number of nitrogens with zero attached hydrogens (tertiary/aromatic N) is 2. The molecule has 182 valence electrons. The van der Waals surface area contributed by atoms with Crippen LogP contribution in [0.3, 0.4) is 0 Å². The average molecular weight is 479 g/mol. The smallest absolute Gasteiger partial charge is 0.330 e. The van der Waals surface area contributed by atoms with Gasteiger partial charge in [-0.1, -0.05) is 5.16 Å². The first-order valence-electron chi connectivity index (χ1n) is 12.0. The van der Waals surface area contributed by atoms with Gasteiger partial charge < -0.3 is 9.84 Å². The third-order valence-electron chi connectivity index (χ3n) is 6.95. The van der Waals surface area contributed by atoms with Crippen LogP contribution in [-0.4, -0.2) is 28.0 Å². The topological polar surface area (TPSA) is 111 Å². The van der Waals surface area contributed by atoms with Crippen molar-refractivity contribution < 1.29 is 23.5 Å². The number of carbonyl (C=O) groups is 2. The Hall–Kier alpha value is -3.62. The molecule has 2 aliphatic rings. The van der Waals surface area contributed by atoms with E-state index >= 15 is 4.39 Å². The fourth-order valence-electron chi connectivity index (χ4n) is 4.83. The molecule has 1 atom stereocenters. The minimum absolute atomic E-state index is 0.0456. The van der Waals surface area contributed by atoms with Crippen molar-refractivity contribution in [1.29, 1.82) is 0 Å². The molecular weight excluding hydrogens is 449 g/mol. The first-order valence-corrected chi connectivity index (χ1v) is 12.0. The third kappa shape index (κ3) is 4.94. The first kappa shape index (κ1) is 23.1. The van der Waals surface area contributed by atoms with Crippen molar-refractivity contribution in [2.75, 3.05) is 5.32 Å². The summed E-state index contributed by atoms with van der Waals surface area (Å²) in [5.41, 5.74) is 3.46. The molecular formula is C26H29FN5O3+. The number of aromatic amines is 1. The van der Waals surface area contributed by atoms with Crippen LogP contribution < -0.4 is 15.6 Å². The summed E-state index contributed by atoms with van der Waals surface area (Å²) in [5, 5.41) is 9.48. The third-order valence-corrected chi connectivity index (χ3v) is 6.95. The Balaban J connectivity index is 1.38. The number of halogens is 1. The number of anilines is 1. The lowest BCUT2D eigenvalue weighted by molar-refractivity contribution is -0.404. The Morgan fingerprint density at radius 1 is 1.09 bits per heavy atom. The van der Waals surface area contributed by atoms with Gasteiger partial charge in [0, 0.05) is 23.5 Å². The molecule has 9 heteroatoms. The molecule has 0 spiro atoms. The fourth-order valence-corrected chi connectivity index (χ4v) is 4.83. The Kier molecular flexibility index (Phi) is 6.08. The van der Waals surface area contributed by atoms with Crippen LogP contribution >= 0.6 is 0 Å². The van der Waals surface area contributed by atoms with E-state index in [0.717, 1.165) is 31.2 Å². The molecule has 2 amide bonds. The second-order valence-electron chi connectivity index (χ2n) is 9.75. The number of carbonyl (C=O) groups excluding carboxylic acids is 2. The van der Waals surface area contributed by atoms with Crippen LogP contribution in [0.1, 0.15) is 53.0 Å². The summed E-state index contributed by atoms with van der Waals surface area (Å²) in [5.74, 6) is -0.260. The molecule has 2 fully saturated rings. The summed E-state index contributed by atoms with van der Waals surface area (Å²) in [6.45, 7) is 5.40. The molecule has 5 rings (SSSR count). The number of aromatic nitrogens is 3. The van der Waals surface area contributed by atoms with Gasteiger partial charge >= 0.3 is 5.91 Å². The molecule has 3 aromatic rings. The van der Waals surface area contributed by atoms with Crippen LogP contribution in [0.2, 0.25) is 0 Å². The summed E-state index contributed by atoms with van der Waals surface area (Å²) in [6.07, 6.45) is 7.21. The van der Waals surface area contributed by atoms with Gasteiger partial charge in [0.25, 0.3) is 17.7 Å². The number of hydrogen-bond donors (Lipinski definition) is 2. The van der Waals surface area contributed by atoms with Crippen molar-refractivity contribution in [2.45, 2.75) is 52.5 Å². The predicted octanol–water partition coefficient (Wildman–Crippen LogP) is 3.79. The molecule has 2 saturated carbocycles. The molecule has 3 aromatic heterocycles. The summed E-state index contributed by atoms with van der Waals surface area (Å²) in [4.78, 5) is 33.4. The number of aryl methyl sites for hydroxylation is 3. The van der Waals surface area contributed by atoms with E-state index in [1.807, 2.05) is 19.9 Å². The Bertz CT molecular complexity index is 1270. The molecule has 0 aromatic carbocycles. The van der Waals surface area contributed by atoms with E-state index in [0.29, 0.717) is 39.9 Å². The first-order chi connectivity index (χ1) is 16.8. The van der Waals surface area contributed by atoms with Gasteiger partial charge in [0.2, 0.25) is 0 Å². The Morgan fingerprint density at radius 3 is 2.40 bits per heavy atom. The highest BCUT2D eigenvalue weighted by molar-refractivity contribution is 6.01. The molecule has 3 heterocycles. The van der Waals surface area contributed by atoms with Gasteiger partial charge in [0.1, 0.15) is 17.9 Å². The van der Waals surface area contributed by atoms with Gasteiger partial charge in [-0.05, 0) is 81.9 Å². The van der Waals surface area contributed by atoms with Crippen molar-refractivity contribution >= 4 is 17.6 Å². The SMILES string of the molecule is Cc1cnc(C)c(-c2ccc(NC(=O)[C@@H](NC(=O)c3conc3C)C(C3CC3)C3CC3)[nH+]c2F)c1. The fraction of sp³-hybridized carbons (Fsp3) is 0.423. The van der Waals surface area contributed by atoms with Crippen LogP contribution in [0, 0.1) is 44.5 Å². The van der Waals surface area contributed by atoms with Crippen LogP contribution in [0.15, 0.2) is 35.2 Å². The molecule has 2 aliphatic carbocycles. The van der Waals surface area contributed by atoms with Gasteiger partial charge in [-0.15, -0.1) is 0 Å². The quantitative estimate of drug-likeness (QED) is 0.479. The second-order valence-corrected chi connectivity index (χ2v) is 9.75. The lowest BCUT2D eigenvalue weighted by Gasteiger charge is -2.25. The van der Waals surface area contributed by atoms with Crippen molar-refractivity contribution in [2.24, 2.45) is 17.8 Å². The van der Waals surface area contributed by atoms with E-state index in [-0.39, 0.29) is 17.6 Å². The number of rotatable bonds is 8. The highest BCUT2D eigenvalue weighted by Gasteiger charge is 2.49. The zero-order valence-electron chi connectivity index (χ0n) is 20.0. The molecule has 0 aliphatic heterocycles. The maximum Gasteiger partial charge on any atom is 0.330 e. The zero-order valence-corrected chi connectivity index (χ0v) is 20.0. The maximum absolute atomic E-state index is 15.1. The standard InChI is InChI=1S/C26H28FN5O3/c1-13-10-19(14(2)28-11-13)18-8-9-21(29-24(18)27)30-26(34)23(22(16-4-5-16)17-6-7-17)31-25(33)20-12-35-32-15(20)3/h8-12,16-17,22-23H,4-7H2,1-3H3,(H,31,33)(H,29,30,34)/p+1/t23-/m0/s1. The van der Waals surface area contributed by atoms with Crippen LogP contribution in [0.25, 0.3) is 11.1 Å². The van der Waals surface area contributed by atoms with E-state index in [2.05, 4.69) is 25.8 Å². The highest BCUT2D eigenvalue weighted by Crippen LogP contribution is 2.50. The minimum Gasteiger partial charge on any atom is -0.364 e. The summed E-state index contributed by atoms with van der Waals surface area (Å²) in [7, 11) is 0. The second kappa shape index (κ2) is 9.20. The number of hydrogen-bond acceptors (Lipinski definition) is 5. The highest BCUT2D eigenvalue weighted by atomic mass is 19.1. The summed E-state index contributed by atoms with van der Waals surface area (Å²) in [6, 6.07) is 4.39. The molecule has 0 saturated heterocycles. The van der Waals surface area contributed by atoms with Crippen LogP contribution in [0.4, 0.5) is 10.2 Å². The maximum atomic E-state index is 15.1. The lowest BCUT2D eigenvalue weighted by atomic mass is 9.88. The number of H-pyrrole nitrogens is 1. The Morgan fingerprint density at radius 2 is 1.80 bits per heavy atom. The summed E-state index contributed by atoms with van der Waals surface area (Å²) < 4.78 is 20.0. The minimum atomic E-state index is -0.740. The molecule has 0 unspecified atom stereocenters. The predicted molar refractivity (Wildman–Crippen MR) is 126 cm³/mol. The zero-order chi connectivity index (χ0) is 24.7. The largest absolute Gasteiger partial charge is 0.364 e. The normalized spacial score (nSPS) is 16.3. The van der Waals surface area contributed by atoms with Gasteiger partial charge in [-0.2, -0.15) is 4.39 Å². The van der Waals surface area contributed by atoms with Crippen LogP contribution in [0.5, 0.6) is 0 Å². The van der Waals surface area contributed by atoms with Crippen LogP contribution in [-0.2, 0) is 4.79 Å². The van der Waals surface area contributed by atoms with Crippen molar-refractivity contribution in [3.63, 3.8) is 0 Å². The molecule has 0 bridgehead atoms. The number of pyridine rings is 2. The number of amides is 2. The van der Waals surface area contributed by atoms with Gasteiger partial charge in [0.15, 0.2) is 0 Å². The molecule has 0 radical (unpaired) electrons. The lowest BCUT2D eigenvalue weighted by Crippen LogP contribution is -2.50. The Labute approximate surface area is 202 Å². The van der Waals surface area contributed by atoms with E-state index in [9.17, 15) is 9.59 Å². The average Bonchev–Trinajstić information content (AvgIpc) is 3.75. The molecule has 3 N–H and O–H groups in total. The summed E-state index contributed by atoms with van der Waals surface area (Å²) >= 11 is 0. The van der Waals surface area contributed by atoms with E-state index in [1.165, 1.54) is 6.26 Å². The van der Waals surface area contributed by atoms with Crippen molar-refractivity contribution in [3.8, 4) is 11.1 Å².